The van der Waals surface area contributed by atoms with E-state index in [-0.39, 0.29) is 5.56 Å². The highest BCUT2D eigenvalue weighted by atomic mass is 16.1. The Labute approximate surface area is 94.3 Å². The molecule has 2 rings (SSSR count). The van der Waals surface area contributed by atoms with Gasteiger partial charge in [0, 0.05) is 23.7 Å². The number of fused-ring (bicyclic) bond motifs is 1. The molecule has 0 saturated carbocycles. The highest BCUT2D eigenvalue weighted by molar-refractivity contribution is 5.32. The lowest BCUT2D eigenvalue weighted by atomic mass is 10.1. The van der Waals surface area contributed by atoms with Crippen molar-refractivity contribution in [1.29, 1.82) is 0 Å². The van der Waals surface area contributed by atoms with Crippen LogP contribution in [0.5, 0.6) is 0 Å². The standard InChI is InChI=1S/C12H17N3O/c1-3-4-5-6-10-9(2)14-12-13-7-8-15(12)11(10)16/h7-8H,3-6H2,1-2H3,(H,13,14). The van der Waals surface area contributed by atoms with Crippen LogP contribution in [0.1, 0.15) is 37.4 Å². The summed E-state index contributed by atoms with van der Waals surface area (Å²) in [5.41, 5.74) is 1.90. The lowest BCUT2D eigenvalue weighted by Gasteiger charge is -2.05. The zero-order valence-electron chi connectivity index (χ0n) is 9.79. The fourth-order valence-corrected chi connectivity index (χ4v) is 1.95. The number of aryl methyl sites for hydroxylation is 1. The van der Waals surface area contributed by atoms with Crippen LogP contribution < -0.4 is 5.56 Å². The number of H-pyrrole nitrogens is 1. The minimum absolute atomic E-state index is 0.0693. The average molecular weight is 219 g/mol. The van der Waals surface area contributed by atoms with Gasteiger partial charge in [0.1, 0.15) is 0 Å². The summed E-state index contributed by atoms with van der Waals surface area (Å²) in [4.78, 5) is 19.4. The van der Waals surface area contributed by atoms with Crippen molar-refractivity contribution in [3.63, 3.8) is 0 Å². The number of nitrogens with one attached hydrogen (secondary N) is 1. The Kier molecular flexibility index (Phi) is 3.08. The molecule has 0 amide bonds. The van der Waals surface area contributed by atoms with Crippen molar-refractivity contribution >= 4 is 5.78 Å². The van der Waals surface area contributed by atoms with Gasteiger partial charge in [0.25, 0.3) is 5.56 Å². The fraction of sp³-hybridized carbons (Fsp3) is 0.500. The topological polar surface area (TPSA) is 50.2 Å². The van der Waals surface area contributed by atoms with Gasteiger partial charge in [-0.05, 0) is 19.8 Å². The van der Waals surface area contributed by atoms with Crippen molar-refractivity contribution in [1.82, 2.24) is 14.4 Å². The first-order valence-corrected chi connectivity index (χ1v) is 5.79. The van der Waals surface area contributed by atoms with Crippen LogP contribution in [0, 0.1) is 6.92 Å². The number of nitrogens with zero attached hydrogens (tertiary/aromatic N) is 2. The summed E-state index contributed by atoms with van der Waals surface area (Å²) in [5, 5.41) is 0. The van der Waals surface area contributed by atoms with Crippen molar-refractivity contribution in [3.05, 3.63) is 34.0 Å². The number of imidazole rings is 1. The maximum absolute atomic E-state index is 12.1. The van der Waals surface area contributed by atoms with E-state index in [1.54, 1.807) is 16.8 Å². The van der Waals surface area contributed by atoms with Crippen molar-refractivity contribution in [3.8, 4) is 0 Å². The molecular formula is C12H17N3O. The molecule has 0 aliphatic rings. The SMILES string of the molecule is CCCCCc1c(C)[nH]c2nccn2c1=O. The molecule has 0 spiro atoms. The Balaban J connectivity index is 2.39. The molecule has 0 unspecified atom stereocenters. The van der Waals surface area contributed by atoms with Crippen molar-refractivity contribution in [2.24, 2.45) is 0 Å². The van der Waals surface area contributed by atoms with Gasteiger partial charge in [0.05, 0.1) is 0 Å². The normalized spacial score (nSPS) is 11.1. The van der Waals surface area contributed by atoms with E-state index in [9.17, 15) is 4.79 Å². The van der Waals surface area contributed by atoms with Crippen molar-refractivity contribution in [2.45, 2.75) is 39.5 Å². The summed E-state index contributed by atoms with van der Waals surface area (Å²) in [7, 11) is 0. The summed E-state index contributed by atoms with van der Waals surface area (Å²) in [6.07, 6.45) is 7.61. The lowest BCUT2D eigenvalue weighted by molar-refractivity contribution is 0.706. The minimum atomic E-state index is 0.0693. The monoisotopic (exact) mass is 219 g/mol. The highest BCUT2D eigenvalue weighted by Gasteiger charge is 2.08. The molecule has 0 fully saturated rings. The number of hydrogen-bond donors (Lipinski definition) is 1. The van der Waals surface area contributed by atoms with Gasteiger partial charge < -0.3 is 4.98 Å². The summed E-state index contributed by atoms with van der Waals surface area (Å²) >= 11 is 0. The fourth-order valence-electron chi connectivity index (χ4n) is 1.95. The molecule has 1 N–H and O–H groups in total. The van der Waals surface area contributed by atoms with E-state index in [0.717, 1.165) is 24.1 Å². The van der Waals surface area contributed by atoms with Gasteiger partial charge in [-0.25, -0.2) is 4.98 Å². The van der Waals surface area contributed by atoms with Gasteiger partial charge in [-0.3, -0.25) is 9.20 Å². The molecule has 4 heteroatoms. The smallest absolute Gasteiger partial charge is 0.262 e. The Hall–Kier alpha value is -1.58. The molecule has 0 radical (unpaired) electrons. The second-order valence-corrected chi connectivity index (χ2v) is 4.11. The molecule has 2 aromatic heterocycles. The summed E-state index contributed by atoms with van der Waals surface area (Å²) in [5.74, 6) is 0.627. The number of unbranched alkanes of at least 4 members (excludes halogenated alkanes) is 2. The molecular weight excluding hydrogens is 202 g/mol. The molecule has 0 saturated heterocycles. The quantitative estimate of drug-likeness (QED) is 0.800. The minimum Gasteiger partial charge on any atom is -0.329 e. The maximum atomic E-state index is 12.1. The predicted molar refractivity (Wildman–Crippen MR) is 63.8 cm³/mol. The molecule has 2 aromatic rings. The molecule has 0 aliphatic carbocycles. The first-order chi connectivity index (χ1) is 7.74. The lowest BCUT2D eigenvalue weighted by Crippen LogP contribution is -2.20. The zero-order chi connectivity index (χ0) is 11.5. The van der Waals surface area contributed by atoms with E-state index in [0.29, 0.717) is 5.78 Å². The van der Waals surface area contributed by atoms with Gasteiger partial charge >= 0.3 is 0 Å². The average Bonchev–Trinajstić information content (AvgIpc) is 2.71. The third-order valence-electron chi connectivity index (χ3n) is 2.90. The van der Waals surface area contributed by atoms with Crippen LogP contribution in [0.2, 0.25) is 0 Å². The summed E-state index contributed by atoms with van der Waals surface area (Å²) < 4.78 is 1.58. The third-order valence-corrected chi connectivity index (χ3v) is 2.90. The number of aromatic nitrogens is 3. The Morgan fingerprint density at radius 1 is 1.44 bits per heavy atom. The summed E-state index contributed by atoms with van der Waals surface area (Å²) in [6, 6.07) is 0. The van der Waals surface area contributed by atoms with E-state index >= 15 is 0 Å². The molecule has 0 bridgehead atoms. The van der Waals surface area contributed by atoms with Crippen LogP contribution in [0.25, 0.3) is 5.78 Å². The van der Waals surface area contributed by atoms with E-state index in [1.807, 2.05) is 6.92 Å². The third kappa shape index (κ3) is 1.87. The predicted octanol–water partition coefficient (Wildman–Crippen LogP) is 2.06. The van der Waals surface area contributed by atoms with Gasteiger partial charge in [0.15, 0.2) is 0 Å². The van der Waals surface area contributed by atoms with Gasteiger partial charge in [0.2, 0.25) is 5.78 Å². The van der Waals surface area contributed by atoms with Gasteiger partial charge in [-0.2, -0.15) is 0 Å². The first kappa shape index (κ1) is 10.9. The maximum Gasteiger partial charge on any atom is 0.262 e. The molecule has 0 atom stereocenters. The Morgan fingerprint density at radius 3 is 3.00 bits per heavy atom. The largest absolute Gasteiger partial charge is 0.329 e. The van der Waals surface area contributed by atoms with Gasteiger partial charge in [-0.1, -0.05) is 19.8 Å². The van der Waals surface area contributed by atoms with Crippen molar-refractivity contribution < 1.29 is 0 Å². The van der Waals surface area contributed by atoms with E-state index in [2.05, 4.69) is 16.9 Å². The van der Waals surface area contributed by atoms with Crippen LogP contribution in [0.15, 0.2) is 17.2 Å². The Morgan fingerprint density at radius 2 is 2.25 bits per heavy atom. The summed E-state index contributed by atoms with van der Waals surface area (Å²) in [6.45, 7) is 4.10. The van der Waals surface area contributed by atoms with Crippen LogP contribution >= 0.6 is 0 Å². The van der Waals surface area contributed by atoms with Crippen LogP contribution in [-0.4, -0.2) is 14.4 Å². The number of hydrogen-bond acceptors (Lipinski definition) is 2. The second-order valence-electron chi connectivity index (χ2n) is 4.11. The first-order valence-electron chi connectivity index (χ1n) is 5.79. The number of aromatic amines is 1. The second kappa shape index (κ2) is 4.51. The molecule has 86 valence electrons. The van der Waals surface area contributed by atoms with Crippen LogP contribution in [0.4, 0.5) is 0 Å². The molecule has 2 heterocycles. The van der Waals surface area contributed by atoms with E-state index in [4.69, 9.17) is 0 Å². The highest BCUT2D eigenvalue weighted by Crippen LogP contribution is 2.07. The van der Waals surface area contributed by atoms with Crippen molar-refractivity contribution in [2.75, 3.05) is 0 Å². The van der Waals surface area contributed by atoms with E-state index < -0.39 is 0 Å². The number of rotatable bonds is 4. The molecule has 0 aromatic carbocycles. The van der Waals surface area contributed by atoms with Gasteiger partial charge in [-0.15, -0.1) is 0 Å². The molecule has 4 nitrogen and oxygen atoms in total. The Bertz CT molecular complexity index is 539. The molecule has 16 heavy (non-hydrogen) atoms. The van der Waals surface area contributed by atoms with E-state index in [1.165, 1.54) is 12.8 Å². The van der Waals surface area contributed by atoms with Crippen LogP contribution in [0.3, 0.4) is 0 Å². The molecule has 0 aliphatic heterocycles. The zero-order valence-corrected chi connectivity index (χ0v) is 9.79. The van der Waals surface area contributed by atoms with Crippen LogP contribution in [-0.2, 0) is 6.42 Å².